The number of hydrogen-bond donors (Lipinski definition) is 0. The molecule has 1 unspecified atom stereocenters. The lowest BCUT2D eigenvalue weighted by molar-refractivity contribution is 0.338. The second-order valence-corrected chi connectivity index (χ2v) is 10.8. The third-order valence-electron chi connectivity index (χ3n) is 5.79. The van der Waals surface area contributed by atoms with Gasteiger partial charge in [0.2, 0.25) is 0 Å². The Morgan fingerprint density at radius 1 is 0.774 bits per heavy atom. The van der Waals surface area contributed by atoms with Gasteiger partial charge >= 0.3 is 0 Å². The fourth-order valence-electron chi connectivity index (χ4n) is 4.39. The largest absolute Gasteiger partial charge is 0.467 e. The molecule has 0 amide bonds. The Bertz CT molecular complexity index is 1090. The molecule has 2 heterocycles. The Balaban J connectivity index is 1.82. The summed E-state index contributed by atoms with van der Waals surface area (Å²) in [7, 11) is 0. The van der Waals surface area contributed by atoms with Gasteiger partial charge in [-0.15, -0.1) is 23.5 Å². The smallest absolute Gasteiger partial charge is 0.131 e. The Labute approximate surface area is 197 Å². The van der Waals surface area contributed by atoms with Gasteiger partial charge in [-0.2, -0.15) is 0 Å². The van der Waals surface area contributed by atoms with Crippen LogP contribution in [0.2, 0.25) is 5.02 Å². The predicted molar refractivity (Wildman–Crippen MR) is 136 cm³/mol. The first-order valence-electron chi connectivity index (χ1n) is 10.5. The van der Waals surface area contributed by atoms with Gasteiger partial charge in [-0.3, -0.25) is 0 Å². The molecule has 31 heavy (non-hydrogen) atoms. The highest BCUT2D eigenvalue weighted by Gasteiger charge is 2.43. The predicted octanol–water partition coefficient (Wildman–Crippen LogP) is 7.78. The van der Waals surface area contributed by atoms with Crippen LogP contribution in [0.4, 0.5) is 0 Å². The minimum Gasteiger partial charge on any atom is -0.467 e. The summed E-state index contributed by atoms with van der Waals surface area (Å²) >= 11 is 10.3. The van der Waals surface area contributed by atoms with E-state index in [-0.39, 0.29) is 4.58 Å². The summed E-state index contributed by atoms with van der Waals surface area (Å²) in [5.41, 5.74) is 4.35. The highest BCUT2D eigenvalue weighted by Crippen LogP contribution is 2.52. The van der Waals surface area contributed by atoms with Crippen LogP contribution in [0.15, 0.2) is 103 Å². The highest BCUT2D eigenvalue weighted by atomic mass is 35.5. The number of benzene rings is 3. The molecule has 1 nitrogen and oxygen atoms in total. The van der Waals surface area contributed by atoms with E-state index in [1.54, 1.807) is 0 Å². The van der Waals surface area contributed by atoms with Crippen molar-refractivity contribution in [1.29, 1.82) is 0 Å². The van der Waals surface area contributed by atoms with Crippen molar-refractivity contribution in [3.63, 3.8) is 0 Å². The van der Waals surface area contributed by atoms with Crippen molar-refractivity contribution in [3.05, 3.63) is 125 Å². The number of halogens is 1. The molecule has 0 saturated carbocycles. The van der Waals surface area contributed by atoms with Crippen LogP contribution >= 0.6 is 35.1 Å². The molecule has 0 spiro atoms. The molecular weight excluding hydrogens is 440 g/mol. The molecule has 0 bridgehead atoms. The number of hydrogen-bond acceptors (Lipinski definition) is 3. The van der Waals surface area contributed by atoms with E-state index in [2.05, 4.69) is 78.9 Å². The lowest BCUT2D eigenvalue weighted by Gasteiger charge is -2.40. The Morgan fingerprint density at radius 3 is 2.06 bits per heavy atom. The van der Waals surface area contributed by atoms with Gasteiger partial charge in [0.15, 0.2) is 0 Å². The molecular formula is C27H23ClOS2. The van der Waals surface area contributed by atoms with Gasteiger partial charge in [0.05, 0.1) is 11.7 Å². The van der Waals surface area contributed by atoms with Gasteiger partial charge in [0.25, 0.3) is 0 Å². The second kappa shape index (κ2) is 9.20. The fourth-order valence-corrected chi connectivity index (χ4v) is 7.37. The number of ether oxygens (including phenoxy) is 1. The summed E-state index contributed by atoms with van der Waals surface area (Å²) in [5.74, 6) is 3.38. The quantitative estimate of drug-likeness (QED) is 0.391. The number of thioether (sulfide) groups is 2. The molecule has 4 heteroatoms. The second-order valence-electron chi connectivity index (χ2n) is 7.63. The van der Waals surface area contributed by atoms with Crippen LogP contribution in [0.5, 0.6) is 0 Å². The van der Waals surface area contributed by atoms with Crippen LogP contribution in [0, 0.1) is 0 Å². The van der Waals surface area contributed by atoms with Crippen molar-refractivity contribution in [2.45, 2.75) is 16.4 Å². The Hall–Kier alpha value is -2.07. The average Bonchev–Trinajstić information content (AvgIpc) is 2.85. The molecule has 0 aliphatic carbocycles. The van der Waals surface area contributed by atoms with Gasteiger partial charge < -0.3 is 4.74 Å². The van der Waals surface area contributed by atoms with Crippen LogP contribution in [0.1, 0.15) is 23.1 Å². The fraction of sp³-hybridized carbons (Fsp3) is 0.185. The average molecular weight is 463 g/mol. The summed E-state index contributed by atoms with van der Waals surface area (Å²) in [6, 6.07) is 29.7. The molecule has 2 aliphatic rings. The van der Waals surface area contributed by atoms with Gasteiger partial charge in [-0.05, 0) is 52.8 Å². The highest BCUT2D eigenvalue weighted by molar-refractivity contribution is 8.17. The molecule has 0 aromatic heterocycles. The maximum absolute atomic E-state index is 6.34. The van der Waals surface area contributed by atoms with Gasteiger partial charge in [0.1, 0.15) is 10.3 Å². The summed E-state index contributed by atoms with van der Waals surface area (Å²) in [6.45, 7) is 0. The van der Waals surface area contributed by atoms with Crippen LogP contribution in [-0.4, -0.2) is 16.1 Å². The van der Waals surface area contributed by atoms with Crippen LogP contribution in [-0.2, 0) is 10.2 Å². The lowest BCUT2D eigenvalue weighted by Crippen LogP contribution is -2.32. The molecule has 1 atom stereocenters. The normalized spacial score (nSPS) is 21.7. The summed E-state index contributed by atoms with van der Waals surface area (Å²) in [5, 5.41) is 0.742. The molecule has 5 rings (SSSR count). The maximum Gasteiger partial charge on any atom is 0.131 e. The summed E-state index contributed by atoms with van der Waals surface area (Å²) < 4.78 is 6.62. The first-order chi connectivity index (χ1) is 15.3. The van der Waals surface area contributed by atoms with Gasteiger partial charge in [-0.1, -0.05) is 84.4 Å². The monoisotopic (exact) mass is 462 g/mol. The molecule has 1 fully saturated rings. The minimum atomic E-state index is -0.459. The molecule has 3 aromatic rings. The van der Waals surface area contributed by atoms with E-state index in [1.807, 2.05) is 41.9 Å². The van der Waals surface area contributed by atoms with Crippen molar-refractivity contribution in [2.75, 3.05) is 11.5 Å². The number of allylic oxidation sites excluding steroid dienone is 2. The number of rotatable bonds is 4. The van der Waals surface area contributed by atoms with Crippen molar-refractivity contribution in [3.8, 4) is 0 Å². The standard InChI is InChI=1S/C27H23ClOS2/c28-23-14-12-22(13-15-23)27(21-10-5-2-6-11-21)16-17-29-25(26-30-18-7-19-31-26)24(27)20-8-3-1-4-9-20/h1-6,8-17,26H,7,18-19H2. The Kier molecular flexibility index (Phi) is 6.17. The van der Waals surface area contributed by atoms with E-state index in [0.29, 0.717) is 0 Å². The minimum absolute atomic E-state index is 0.282. The summed E-state index contributed by atoms with van der Waals surface area (Å²) in [6.07, 6.45) is 5.34. The van der Waals surface area contributed by atoms with E-state index < -0.39 is 5.41 Å². The van der Waals surface area contributed by atoms with Crippen LogP contribution < -0.4 is 0 Å². The zero-order valence-corrected chi connectivity index (χ0v) is 19.4. The van der Waals surface area contributed by atoms with E-state index in [0.717, 1.165) is 22.3 Å². The van der Waals surface area contributed by atoms with Gasteiger partial charge in [0, 0.05) is 10.6 Å². The van der Waals surface area contributed by atoms with Crippen molar-refractivity contribution in [1.82, 2.24) is 0 Å². The van der Waals surface area contributed by atoms with Crippen LogP contribution in [0.3, 0.4) is 0 Å². The van der Waals surface area contributed by atoms with Crippen molar-refractivity contribution in [2.24, 2.45) is 0 Å². The van der Waals surface area contributed by atoms with E-state index in [4.69, 9.17) is 16.3 Å². The van der Waals surface area contributed by atoms with Crippen molar-refractivity contribution >= 4 is 40.7 Å². The molecule has 0 radical (unpaired) electrons. The van der Waals surface area contributed by atoms with E-state index in [9.17, 15) is 0 Å². The Morgan fingerprint density at radius 2 is 1.39 bits per heavy atom. The molecule has 1 saturated heterocycles. The molecule has 156 valence electrons. The molecule has 3 aromatic carbocycles. The van der Waals surface area contributed by atoms with Crippen molar-refractivity contribution < 1.29 is 4.74 Å². The zero-order chi connectivity index (χ0) is 21.1. The lowest BCUT2D eigenvalue weighted by atomic mass is 9.66. The zero-order valence-electron chi connectivity index (χ0n) is 17.0. The topological polar surface area (TPSA) is 9.23 Å². The first kappa shape index (κ1) is 20.8. The molecule has 2 aliphatic heterocycles. The van der Waals surface area contributed by atoms with Crippen LogP contribution in [0.25, 0.3) is 5.57 Å². The maximum atomic E-state index is 6.34. The first-order valence-corrected chi connectivity index (χ1v) is 13.0. The van der Waals surface area contributed by atoms with Gasteiger partial charge in [-0.25, -0.2) is 0 Å². The van der Waals surface area contributed by atoms with E-state index >= 15 is 0 Å². The third kappa shape index (κ3) is 3.95. The SMILES string of the molecule is Clc1ccc(C2(c3ccccc3)C=COC(C3SCCCS3)=C2c2ccccc2)cc1. The van der Waals surface area contributed by atoms with E-state index in [1.165, 1.54) is 28.7 Å². The molecule has 0 N–H and O–H groups in total. The third-order valence-corrected chi connectivity index (χ3v) is 8.94. The summed E-state index contributed by atoms with van der Waals surface area (Å²) in [4.78, 5) is 0.